The maximum absolute atomic E-state index is 12.8. The average molecular weight is 362 g/mol. The zero-order valence-corrected chi connectivity index (χ0v) is 15.1. The van der Waals surface area contributed by atoms with Crippen molar-refractivity contribution in [2.24, 2.45) is 0 Å². The fourth-order valence-corrected chi connectivity index (χ4v) is 3.34. The van der Waals surface area contributed by atoms with E-state index in [1.54, 1.807) is 17.4 Å². The molecule has 1 amide bonds. The highest BCUT2D eigenvalue weighted by Crippen LogP contribution is 2.20. The summed E-state index contributed by atoms with van der Waals surface area (Å²) in [4.78, 5) is 17.9. The summed E-state index contributed by atoms with van der Waals surface area (Å²) < 4.78 is 10.8. The second-order valence-corrected chi connectivity index (χ2v) is 6.62. The third kappa shape index (κ3) is 4.14. The molecule has 0 atom stereocenters. The zero-order chi connectivity index (χ0) is 18.5. The number of carbonyl (C=O) groups is 1. The van der Waals surface area contributed by atoms with Crippen LogP contribution in [0, 0.1) is 0 Å². The molecule has 5 nitrogen and oxygen atoms in total. The summed E-state index contributed by atoms with van der Waals surface area (Å²) in [5.74, 6) is 1.64. The van der Waals surface area contributed by atoms with Gasteiger partial charge in [-0.15, -0.1) is 0 Å². The SMILES string of the molecule is O=C(CCCc1c[nH]c2ccccc12)N(Cc1ccco1)Cc1ccco1. The minimum atomic E-state index is 0.0997. The maximum Gasteiger partial charge on any atom is 0.223 e. The molecular formula is C22H22N2O3. The van der Waals surface area contributed by atoms with E-state index in [0.29, 0.717) is 19.5 Å². The molecule has 27 heavy (non-hydrogen) atoms. The number of aryl methyl sites for hydroxylation is 1. The lowest BCUT2D eigenvalue weighted by atomic mass is 10.1. The van der Waals surface area contributed by atoms with Crippen molar-refractivity contribution in [2.75, 3.05) is 0 Å². The second kappa shape index (κ2) is 7.99. The summed E-state index contributed by atoms with van der Waals surface area (Å²) in [6.07, 6.45) is 7.45. The molecule has 1 N–H and O–H groups in total. The summed E-state index contributed by atoms with van der Waals surface area (Å²) in [6.45, 7) is 0.888. The van der Waals surface area contributed by atoms with Gasteiger partial charge in [0.15, 0.2) is 0 Å². The first-order valence-corrected chi connectivity index (χ1v) is 9.17. The van der Waals surface area contributed by atoms with E-state index in [-0.39, 0.29) is 5.91 Å². The van der Waals surface area contributed by atoms with Crippen LogP contribution >= 0.6 is 0 Å². The molecule has 0 saturated carbocycles. The summed E-state index contributed by atoms with van der Waals surface area (Å²) in [5, 5.41) is 1.23. The molecule has 3 aromatic heterocycles. The second-order valence-electron chi connectivity index (χ2n) is 6.62. The van der Waals surface area contributed by atoms with Gasteiger partial charge in [-0.2, -0.15) is 0 Å². The highest BCUT2D eigenvalue weighted by Gasteiger charge is 2.17. The quantitative estimate of drug-likeness (QED) is 0.485. The molecule has 0 fully saturated rings. The molecule has 0 bridgehead atoms. The van der Waals surface area contributed by atoms with Crippen LogP contribution in [0.3, 0.4) is 0 Å². The molecule has 0 aliphatic rings. The number of aromatic nitrogens is 1. The molecule has 0 unspecified atom stereocenters. The van der Waals surface area contributed by atoms with Crippen molar-refractivity contribution in [3.8, 4) is 0 Å². The molecule has 0 saturated heterocycles. The van der Waals surface area contributed by atoms with Gasteiger partial charge in [-0.25, -0.2) is 0 Å². The van der Waals surface area contributed by atoms with Crippen LogP contribution in [0.1, 0.15) is 29.9 Å². The lowest BCUT2D eigenvalue weighted by Gasteiger charge is -2.20. The Morgan fingerprint density at radius 2 is 1.63 bits per heavy atom. The molecule has 0 aliphatic carbocycles. The Bertz CT molecular complexity index is 948. The van der Waals surface area contributed by atoms with Gasteiger partial charge in [-0.3, -0.25) is 4.79 Å². The molecule has 0 spiro atoms. The molecule has 138 valence electrons. The van der Waals surface area contributed by atoms with Gasteiger partial charge >= 0.3 is 0 Å². The number of fused-ring (bicyclic) bond motifs is 1. The number of rotatable bonds is 8. The number of amides is 1. The Labute approximate surface area is 157 Å². The lowest BCUT2D eigenvalue weighted by molar-refractivity contribution is -0.133. The standard InChI is InChI=1S/C22H22N2O3/c25-22(11-3-6-17-14-23-21-10-2-1-9-20(17)21)24(15-18-7-4-12-26-18)16-19-8-5-13-27-19/h1-2,4-5,7-10,12-14,23H,3,6,11,15-16H2. The topological polar surface area (TPSA) is 62.4 Å². The van der Waals surface area contributed by atoms with Crippen LogP contribution in [-0.2, 0) is 24.3 Å². The van der Waals surface area contributed by atoms with Crippen LogP contribution in [-0.4, -0.2) is 15.8 Å². The summed E-state index contributed by atoms with van der Waals surface area (Å²) in [7, 11) is 0. The minimum Gasteiger partial charge on any atom is -0.467 e. The summed E-state index contributed by atoms with van der Waals surface area (Å²) >= 11 is 0. The Morgan fingerprint density at radius 1 is 0.926 bits per heavy atom. The van der Waals surface area contributed by atoms with Gasteiger partial charge in [-0.05, 0) is 48.7 Å². The van der Waals surface area contributed by atoms with E-state index >= 15 is 0 Å². The number of para-hydroxylation sites is 1. The first-order valence-electron chi connectivity index (χ1n) is 9.17. The first-order chi connectivity index (χ1) is 13.3. The highest BCUT2D eigenvalue weighted by molar-refractivity contribution is 5.83. The van der Waals surface area contributed by atoms with E-state index in [9.17, 15) is 4.79 Å². The highest BCUT2D eigenvalue weighted by atomic mass is 16.3. The smallest absolute Gasteiger partial charge is 0.223 e. The number of nitrogens with one attached hydrogen (secondary N) is 1. The molecule has 3 heterocycles. The fourth-order valence-electron chi connectivity index (χ4n) is 3.34. The van der Waals surface area contributed by atoms with Crippen molar-refractivity contribution in [2.45, 2.75) is 32.4 Å². The van der Waals surface area contributed by atoms with Gasteiger partial charge in [0.25, 0.3) is 0 Å². The molecule has 0 aliphatic heterocycles. The van der Waals surface area contributed by atoms with E-state index in [2.05, 4.69) is 17.1 Å². The molecular weight excluding hydrogens is 340 g/mol. The molecule has 4 rings (SSSR count). The number of furan rings is 2. The Kier molecular flexibility index (Phi) is 5.10. The van der Waals surface area contributed by atoms with Crippen molar-refractivity contribution in [3.63, 3.8) is 0 Å². The molecule has 5 heteroatoms. The molecule has 1 aromatic carbocycles. The number of nitrogens with zero attached hydrogens (tertiary/aromatic N) is 1. The number of hydrogen-bond donors (Lipinski definition) is 1. The number of benzene rings is 1. The van der Waals surface area contributed by atoms with Gasteiger partial charge in [0.1, 0.15) is 11.5 Å². The largest absolute Gasteiger partial charge is 0.467 e. The third-order valence-corrected chi connectivity index (χ3v) is 4.72. The van der Waals surface area contributed by atoms with E-state index in [1.165, 1.54) is 10.9 Å². The monoisotopic (exact) mass is 362 g/mol. The Balaban J connectivity index is 1.38. The van der Waals surface area contributed by atoms with Crippen LogP contribution < -0.4 is 0 Å². The lowest BCUT2D eigenvalue weighted by Crippen LogP contribution is -2.29. The molecule has 0 radical (unpaired) electrons. The first kappa shape index (κ1) is 17.2. The van der Waals surface area contributed by atoms with Crippen molar-refractivity contribution >= 4 is 16.8 Å². The van der Waals surface area contributed by atoms with Gasteiger partial charge in [-0.1, -0.05) is 18.2 Å². The predicted octanol–water partition coefficient (Wildman–Crippen LogP) is 4.91. The minimum absolute atomic E-state index is 0.0997. The van der Waals surface area contributed by atoms with E-state index < -0.39 is 0 Å². The summed E-state index contributed by atoms with van der Waals surface area (Å²) in [5.41, 5.74) is 2.39. The average Bonchev–Trinajstić information content (AvgIpc) is 3.44. The van der Waals surface area contributed by atoms with Crippen LogP contribution in [0.2, 0.25) is 0 Å². The zero-order valence-electron chi connectivity index (χ0n) is 15.1. The van der Waals surface area contributed by atoms with Gasteiger partial charge in [0, 0.05) is 23.5 Å². The number of H-pyrrole nitrogens is 1. The van der Waals surface area contributed by atoms with Crippen molar-refractivity contribution in [3.05, 3.63) is 84.3 Å². The maximum atomic E-state index is 12.8. The Hall–Kier alpha value is -3.21. The van der Waals surface area contributed by atoms with Crippen LogP contribution in [0.25, 0.3) is 10.9 Å². The normalized spacial score (nSPS) is 11.1. The van der Waals surface area contributed by atoms with Crippen LogP contribution in [0.5, 0.6) is 0 Å². The molecule has 4 aromatic rings. The van der Waals surface area contributed by atoms with Gasteiger partial charge in [0.05, 0.1) is 25.6 Å². The van der Waals surface area contributed by atoms with E-state index in [1.807, 2.05) is 42.6 Å². The van der Waals surface area contributed by atoms with E-state index in [4.69, 9.17) is 8.83 Å². The van der Waals surface area contributed by atoms with Crippen LogP contribution in [0.15, 0.2) is 76.1 Å². The van der Waals surface area contributed by atoms with Crippen LogP contribution in [0.4, 0.5) is 0 Å². The number of carbonyl (C=O) groups excluding carboxylic acids is 1. The van der Waals surface area contributed by atoms with Gasteiger partial charge in [0.2, 0.25) is 5.91 Å². The fraction of sp³-hybridized carbons (Fsp3) is 0.227. The van der Waals surface area contributed by atoms with Crippen molar-refractivity contribution in [1.29, 1.82) is 0 Å². The predicted molar refractivity (Wildman–Crippen MR) is 103 cm³/mol. The number of aromatic amines is 1. The number of hydrogen-bond acceptors (Lipinski definition) is 3. The van der Waals surface area contributed by atoms with E-state index in [0.717, 1.165) is 29.9 Å². The van der Waals surface area contributed by atoms with Gasteiger partial charge < -0.3 is 18.7 Å². The Morgan fingerprint density at radius 3 is 2.30 bits per heavy atom. The van der Waals surface area contributed by atoms with Crippen molar-refractivity contribution in [1.82, 2.24) is 9.88 Å². The summed E-state index contributed by atoms with van der Waals surface area (Å²) in [6, 6.07) is 15.7. The third-order valence-electron chi connectivity index (χ3n) is 4.72. The van der Waals surface area contributed by atoms with Crippen molar-refractivity contribution < 1.29 is 13.6 Å².